The highest BCUT2D eigenvalue weighted by atomic mass is 16.6. The van der Waals surface area contributed by atoms with E-state index in [-0.39, 0.29) is 17.2 Å². The van der Waals surface area contributed by atoms with Crippen LogP contribution in [0.15, 0.2) is 17.3 Å². The second kappa shape index (κ2) is 5.80. The second-order valence-corrected chi connectivity index (χ2v) is 3.45. The zero-order valence-electron chi connectivity index (χ0n) is 10.2. The monoisotopic (exact) mass is 253 g/mol. The summed E-state index contributed by atoms with van der Waals surface area (Å²) < 4.78 is 0. The molecule has 0 saturated carbocycles. The molecule has 0 fully saturated rings. The maximum Gasteiger partial charge on any atom is 0.298 e. The Hall–Kier alpha value is -2.38. The van der Waals surface area contributed by atoms with E-state index in [1.165, 1.54) is 6.07 Å². The Kier molecular flexibility index (Phi) is 4.41. The van der Waals surface area contributed by atoms with Crippen LogP contribution >= 0.6 is 0 Å². The number of nitro groups is 1. The predicted molar refractivity (Wildman–Crippen MR) is 67.0 cm³/mol. The molecule has 1 aromatic rings. The lowest BCUT2D eigenvalue weighted by molar-refractivity contribution is -0.385. The molecule has 0 radical (unpaired) electrons. The quantitative estimate of drug-likeness (QED) is 0.265. The van der Waals surface area contributed by atoms with Gasteiger partial charge in [0.1, 0.15) is 5.82 Å². The Labute approximate surface area is 104 Å². The van der Waals surface area contributed by atoms with Crippen molar-refractivity contribution in [2.75, 3.05) is 18.0 Å². The van der Waals surface area contributed by atoms with E-state index >= 15 is 0 Å². The summed E-state index contributed by atoms with van der Waals surface area (Å²) in [5.41, 5.74) is 4.98. The van der Waals surface area contributed by atoms with Gasteiger partial charge < -0.3 is 15.8 Å². The van der Waals surface area contributed by atoms with Gasteiger partial charge in [0.05, 0.1) is 4.92 Å². The van der Waals surface area contributed by atoms with Crippen molar-refractivity contribution in [3.8, 4) is 0 Å². The molecule has 0 unspecified atom stereocenters. The molecule has 1 aromatic heterocycles. The fourth-order valence-corrected chi connectivity index (χ4v) is 1.55. The van der Waals surface area contributed by atoms with E-state index in [0.29, 0.717) is 18.9 Å². The fraction of sp³-hybridized carbons (Fsp3) is 0.400. The van der Waals surface area contributed by atoms with Gasteiger partial charge in [-0.3, -0.25) is 10.1 Å². The van der Waals surface area contributed by atoms with E-state index in [1.54, 1.807) is 6.07 Å². The molecular formula is C10H15N5O3. The van der Waals surface area contributed by atoms with Gasteiger partial charge in [-0.25, -0.2) is 4.98 Å². The number of hydrogen-bond donors (Lipinski definition) is 2. The number of aromatic nitrogens is 1. The van der Waals surface area contributed by atoms with Crippen molar-refractivity contribution in [2.24, 2.45) is 10.9 Å². The summed E-state index contributed by atoms with van der Waals surface area (Å²) in [5, 5.41) is 22.2. The number of amidine groups is 1. The molecule has 0 aliphatic carbocycles. The van der Waals surface area contributed by atoms with Crippen molar-refractivity contribution in [1.82, 2.24) is 4.98 Å². The van der Waals surface area contributed by atoms with Crippen molar-refractivity contribution in [2.45, 2.75) is 13.8 Å². The van der Waals surface area contributed by atoms with Crippen LogP contribution in [0.5, 0.6) is 0 Å². The molecule has 1 heterocycles. The van der Waals surface area contributed by atoms with Crippen LogP contribution in [0.2, 0.25) is 0 Å². The van der Waals surface area contributed by atoms with E-state index < -0.39 is 4.92 Å². The van der Waals surface area contributed by atoms with Crippen molar-refractivity contribution in [3.63, 3.8) is 0 Å². The van der Waals surface area contributed by atoms with E-state index in [1.807, 2.05) is 18.7 Å². The Morgan fingerprint density at radius 2 is 2.17 bits per heavy atom. The smallest absolute Gasteiger partial charge is 0.298 e. The minimum Gasteiger partial charge on any atom is -0.409 e. The topological polar surface area (TPSA) is 118 Å². The molecule has 8 nitrogen and oxygen atoms in total. The van der Waals surface area contributed by atoms with Crippen molar-refractivity contribution in [3.05, 3.63) is 27.9 Å². The highest BCUT2D eigenvalue weighted by Crippen LogP contribution is 2.21. The van der Waals surface area contributed by atoms with Gasteiger partial charge in [-0.15, -0.1) is 0 Å². The zero-order chi connectivity index (χ0) is 13.7. The number of anilines is 1. The van der Waals surface area contributed by atoms with Crippen LogP contribution in [0.25, 0.3) is 0 Å². The van der Waals surface area contributed by atoms with Gasteiger partial charge in [0.15, 0.2) is 11.5 Å². The number of oxime groups is 1. The van der Waals surface area contributed by atoms with Gasteiger partial charge >= 0.3 is 0 Å². The molecule has 0 aliphatic rings. The largest absolute Gasteiger partial charge is 0.409 e. The Balaban J connectivity index is 3.34. The Bertz CT molecular complexity index is 471. The number of nitrogens with two attached hydrogens (primary N) is 1. The number of nitrogens with zero attached hydrogens (tertiary/aromatic N) is 4. The maximum absolute atomic E-state index is 10.8. The van der Waals surface area contributed by atoms with Gasteiger partial charge in [0.25, 0.3) is 5.69 Å². The van der Waals surface area contributed by atoms with Crippen molar-refractivity contribution in [1.29, 1.82) is 0 Å². The summed E-state index contributed by atoms with van der Waals surface area (Å²) in [4.78, 5) is 16.2. The standard InChI is InChI=1S/C10H15N5O3/c1-3-14(4-2)8-6-5-7(15(17)18)9(12-8)10(11)13-16/h5-6,16H,3-4H2,1-2H3,(H2,11,13). The summed E-state index contributed by atoms with van der Waals surface area (Å²) >= 11 is 0. The van der Waals surface area contributed by atoms with Crippen LogP contribution in [0.4, 0.5) is 11.5 Å². The first-order valence-electron chi connectivity index (χ1n) is 5.43. The zero-order valence-corrected chi connectivity index (χ0v) is 10.2. The predicted octanol–water partition coefficient (Wildman–Crippen LogP) is 0.930. The van der Waals surface area contributed by atoms with Gasteiger partial charge in [0, 0.05) is 19.2 Å². The van der Waals surface area contributed by atoms with Crippen LogP contribution in [0.1, 0.15) is 19.5 Å². The molecule has 0 amide bonds. The lowest BCUT2D eigenvalue weighted by Crippen LogP contribution is -2.25. The summed E-state index contributed by atoms with van der Waals surface area (Å²) in [5.74, 6) is 0.169. The maximum atomic E-state index is 10.8. The van der Waals surface area contributed by atoms with Crippen molar-refractivity contribution < 1.29 is 10.1 Å². The molecule has 3 N–H and O–H groups in total. The molecule has 8 heteroatoms. The summed E-state index contributed by atoms with van der Waals surface area (Å²) in [6.07, 6.45) is 0. The number of hydrogen-bond acceptors (Lipinski definition) is 6. The van der Waals surface area contributed by atoms with E-state index in [4.69, 9.17) is 10.9 Å². The number of rotatable bonds is 5. The van der Waals surface area contributed by atoms with Gasteiger partial charge in [-0.05, 0) is 19.9 Å². The molecule has 1 rings (SSSR count). The first-order valence-corrected chi connectivity index (χ1v) is 5.43. The summed E-state index contributed by atoms with van der Waals surface area (Å²) in [7, 11) is 0. The molecule has 0 aliphatic heterocycles. The molecule has 0 bridgehead atoms. The normalized spacial score (nSPS) is 11.3. The SMILES string of the molecule is CCN(CC)c1ccc([N+](=O)[O-])c(/C(N)=N/O)n1. The summed E-state index contributed by atoms with van der Waals surface area (Å²) in [6.45, 7) is 5.29. The molecule has 0 aromatic carbocycles. The number of pyridine rings is 1. The third kappa shape index (κ3) is 2.65. The van der Waals surface area contributed by atoms with Crippen LogP contribution in [0.3, 0.4) is 0 Å². The first kappa shape index (κ1) is 13.7. The summed E-state index contributed by atoms with van der Waals surface area (Å²) in [6, 6.07) is 2.84. The van der Waals surface area contributed by atoms with E-state index in [2.05, 4.69) is 10.1 Å². The molecule has 98 valence electrons. The lowest BCUT2D eigenvalue weighted by Gasteiger charge is -2.19. The van der Waals surface area contributed by atoms with E-state index in [0.717, 1.165) is 0 Å². The van der Waals surface area contributed by atoms with Crippen molar-refractivity contribution >= 4 is 17.3 Å². The highest BCUT2D eigenvalue weighted by Gasteiger charge is 2.20. The molecule has 0 saturated heterocycles. The van der Waals surface area contributed by atoms with Gasteiger partial charge in [-0.2, -0.15) is 0 Å². The first-order chi connectivity index (χ1) is 8.54. The van der Waals surface area contributed by atoms with Crippen LogP contribution in [-0.4, -0.2) is 34.0 Å². The Morgan fingerprint density at radius 1 is 1.56 bits per heavy atom. The second-order valence-electron chi connectivity index (χ2n) is 3.45. The minimum absolute atomic E-state index is 0.132. The fourth-order valence-electron chi connectivity index (χ4n) is 1.55. The minimum atomic E-state index is -0.619. The Morgan fingerprint density at radius 3 is 2.61 bits per heavy atom. The van der Waals surface area contributed by atoms with Crippen LogP contribution in [0, 0.1) is 10.1 Å². The van der Waals surface area contributed by atoms with Gasteiger partial charge in [0.2, 0.25) is 0 Å². The molecule has 18 heavy (non-hydrogen) atoms. The average molecular weight is 253 g/mol. The third-order valence-electron chi connectivity index (χ3n) is 2.49. The van der Waals surface area contributed by atoms with Crippen LogP contribution < -0.4 is 10.6 Å². The molecule has 0 spiro atoms. The average Bonchev–Trinajstić information content (AvgIpc) is 2.38. The lowest BCUT2D eigenvalue weighted by atomic mass is 10.2. The van der Waals surface area contributed by atoms with E-state index in [9.17, 15) is 10.1 Å². The molecular weight excluding hydrogens is 238 g/mol. The third-order valence-corrected chi connectivity index (χ3v) is 2.49. The highest BCUT2D eigenvalue weighted by molar-refractivity contribution is 5.99. The molecule has 0 atom stereocenters. The van der Waals surface area contributed by atoms with Gasteiger partial charge in [-0.1, -0.05) is 5.16 Å². The van der Waals surface area contributed by atoms with Crippen LogP contribution in [-0.2, 0) is 0 Å².